The molecule has 0 saturated heterocycles. The van der Waals surface area contributed by atoms with E-state index in [1.165, 1.54) is 23.3 Å². The number of aryl methyl sites for hydroxylation is 1. The van der Waals surface area contributed by atoms with Crippen molar-refractivity contribution < 1.29 is 4.92 Å². The lowest BCUT2D eigenvalue weighted by atomic mass is 10.0. The molecule has 0 aliphatic heterocycles. The topological polar surface area (TPSA) is 81.2 Å². The monoisotopic (exact) mass is 271 g/mol. The van der Waals surface area contributed by atoms with Crippen molar-refractivity contribution >= 4 is 17.1 Å². The van der Waals surface area contributed by atoms with Gasteiger partial charge in [0, 0.05) is 18.2 Å². The predicted molar refractivity (Wildman–Crippen MR) is 80.7 cm³/mol. The third-order valence-corrected chi connectivity index (χ3v) is 3.27. The summed E-state index contributed by atoms with van der Waals surface area (Å²) in [6, 6.07) is 12.6. The number of nitrogens with two attached hydrogens (primary N) is 1. The Bertz CT molecular complexity index is 641. The maximum atomic E-state index is 10.7. The molecule has 20 heavy (non-hydrogen) atoms. The smallest absolute Gasteiger partial charge is 0.271 e. The van der Waals surface area contributed by atoms with E-state index < -0.39 is 4.92 Å². The van der Waals surface area contributed by atoms with Gasteiger partial charge in [0.05, 0.1) is 16.3 Å². The maximum Gasteiger partial charge on any atom is 0.271 e. The van der Waals surface area contributed by atoms with Crippen LogP contribution in [0, 0.1) is 17.0 Å². The van der Waals surface area contributed by atoms with Gasteiger partial charge >= 0.3 is 0 Å². The fraction of sp³-hybridized carbons (Fsp3) is 0.200. The van der Waals surface area contributed by atoms with Gasteiger partial charge in [-0.2, -0.15) is 0 Å². The van der Waals surface area contributed by atoms with E-state index >= 15 is 0 Å². The van der Waals surface area contributed by atoms with Crippen LogP contribution in [-0.4, -0.2) is 4.92 Å². The Balaban J connectivity index is 2.22. The van der Waals surface area contributed by atoms with E-state index in [2.05, 4.69) is 11.4 Å². The number of nitro groups is 1. The third-order valence-electron chi connectivity index (χ3n) is 3.27. The molecule has 5 heteroatoms. The average molecular weight is 271 g/mol. The zero-order valence-corrected chi connectivity index (χ0v) is 11.5. The minimum absolute atomic E-state index is 0.00315. The lowest BCUT2D eigenvalue weighted by Crippen LogP contribution is -2.09. The fourth-order valence-electron chi connectivity index (χ4n) is 2.18. The molecule has 104 valence electrons. The predicted octanol–water partition coefficient (Wildman–Crippen LogP) is 3.66. The Labute approximate surface area is 117 Å². The summed E-state index contributed by atoms with van der Waals surface area (Å²) in [7, 11) is 0. The van der Waals surface area contributed by atoms with E-state index in [-0.39, 0.29) is 11.7 Å². The Kier molecular flexibility index (Phi) is 3.89. The van der Waals surface area contributed by atoms with Crippen molar-refractivity contribution in [3.05, 3.63) is 63.7 Å². The van der Waals surface area contributed by atoms with E-state index in [1.807, 2.05) is 32.0 Å². The molecule has 1 atom stereocenters. The number of nitrogens with one attached hydrogen (secondary N) is 1. The van der Waals surface area contributed by atoms with Crippen LogP contribution in [0.3, 0.4) is 0 Å². The Morgan fingerprint density at radius 1 is 1.25 bits per heavy atom. The lowest BCUT2D eigenvalue weighted by Gasteiger charge is -2.18. The molecule has 5 nitrogen and oxygen atoms in total. The average Bonchev–Trinajstić information content (AvgIpc) is 2.41. The van der Waals surface area contributed by atoms with Gasteiger partial charge in [0.2, 0.25) is 0 Å². The molecule has 1 unspecified atom stereocenters. The fourth-order valence-corrected chi connectivity index (χ4v) is 2.18. The summed E-state index contributed by atoms with van der Waals surface area (Å²) >= 11 is 0. The first kappa shape index (κ1) is 13.9. The van der Waals surface area contributed by atoms with Crippen LogP contribution in [0.1, 0.15) is 24.1 Å². The molecule has 3 N–H and O–H groups in total. The van der Waals surface area contributed by atoms with Gasteiger partial charge in [0.1, 0.15) is 0 Å². The zero-order chi connectivity index (χ0) is 14.7. The van der Waals surface area contributed by atoms with Crippen LogP contribution < -0.4 is 11.1 Å². The number of nitrogen functional groups attached to an aromatic ring is 1. The first-order valence-corrected chi connectivity index (χ1v) is 6.35. The number of nitro benzene ring substituents is 1. The first-order valence-electron chi connectivity index (χ1n) is 6.35. The summed E-state index contributed by atoms with van der Waals surface area (Å²) in [5, 5.41) is 14.0. The second kappa shape index (κ2) is 5.61. The van der Waals surface area contributed by atoms with Crippen LogP contribution >= 0.6 is 0 Å². The van der Waals surface area contributed by atoms with E-state index in [9.17, 15) is 10.1 Å². The quantitative estimate of drug-likeness (QED) is 0.505. The van der Waals surface area contributed by atoms with Gasteiger partial charge in [-0.3, -0.25) is 10.1 Å². The minimum Gasteiger partial charge on any atom is -0.397 e. The minimum atomic E-state index is -0.453. The molecule has 0 amide bonds. The van der Waals surface area contributed by atoms with E-state index in [0.717, 1.165) is 0 Å². The van der Waals surface area contributed by atoms with Crippen LogP contribution in [0.2, 0.25) is 0 Å². The lowest BCUT2D eigenvalue weighted by molar-refractivity contribution is -0.384. The number of nitrogens with zero attached hydrogens (tertiary/aromatic N) is 1. The van der Waals surface area contributed by atoms with Gasteiger partial charge < -0.3 is 11.1 Å². The van der Waals surface area contributed by atoms with Crippen LogP contribution in [0.15, 0.2) is 42.5 Å². The van der Waals surface area contributed by atoms with Crippen molar-refractivity contribution in [3.63, 3.8) is 0 Å². The maximum absolute atomic E-state index is 10.7. The normalized spacial score (nSPS) is 11.9. The van der Waals surface area contributed by atoms with Gasteiger partial charge in [-0.25, -0.2) is 0 Å². The number of non-ortho nitro benzene ring substituents is 1. The summed E-state index contributed by atoms with van der Waals surface area (Å²) in [6.07, 6.45) is 0. The zero-order valence-electron chi connectivity index (χ0n) is 11.5. The standard InChI is InChI=1S/C15H17N3O2/c1-10-5-3-4-6-13(10)11(2)17-15-8-7-12(18(19)20)9-14(15)16/h3-9,11,17H,16H2,1-2H3. The molecule has 2 rings (SSSR count). The second-order valence-electron chi connectivity index (χ2n) is 4.75. The third kappa shape index (κ3) is 2.88. The SMILES string of the molecule is Cc1ccccc1C(C)Nc1ccc([N+](=O)[O-])cc1N. The van der Waals surface area contributed by atoms with Gasteiger partial charge in [-0.05, 0) is 31.0 Å². The Hall–Kier alpha value is -2.56. The van der Waals surface area contributed by atoms with Crippen molar-refractivity contribution in [2.45, 2.75) is 19.9 Å². The Morgan fingerprint density at radius 2 is 1.95 bits per heavy atom. The molecule has 0 saturated carbocycles. The van der Waals surface area contributed by atoms with E-state index in [4.69, 9.17) is 5.73 Å². The highest BCUT2D eigenvalue weighted by atomic mass is 16.6. The summed E-state index contributed by atoms with van der Waals surface area (Å²) in [5.41, 5.74) is 9.29. The van der Waals surface area contributed by atoms with Crippen LogP contribution in [0.25, 0.3) is 0 Å². The van der Waals surface area contributed by atoms with Crippen LogP contribution in [0.4, 0.5) is 17.1 Å². The van der Waals surface area contributed by atoms with E-state index in [0.29, 0.717) is 11.4 Å². The highest BCUT2D eigenvalue weighted by Crippen LogP contribution is 2.28. The van der Waals surface area contributed by atoms with Gasteiger partial charge in [-0.15, -0.1) is 0 Å². The molecule has 2 aromatic rings. The van der Waals surface area contributed by atoms with Crippen LogP contribution in [0.5, 0.6) is 0 Å². The molecule has 0 radical (unpaired) electrons. The molecule has 0 aliphatic rings. The second-order valence-corrected chi connectivity index (χ2v) is 4.75. The summed E-state index contributed by atoms with van der Waals surface area (Å²) < 4.78 is 0. The number of benzene rings is 2. The molecule has 0 aromatic heterocycles. The van der Waals surface area contributed by atoms with Crippen molar-refractivity contribution in [3.8, 4) is 0 Å². The van der Waals surface area contributed by atoms with Crippen molar-refractivity contribution in [1.82, 2.24) is 0 Å². The number of rotatable bonds is 4. The summed E-state index contributed by atoms with van der Waals surface area (Å²) in [6.45, 7) is 4.08. The molecular formula is C15H17N3O2. The highest BCUT2D eigenvalue weighted by molar-refractivity contribution is 5.70. The molecule has 0 fully saturated rings. The van der Waals surface area contributed by atoms with Crippen LogP contribution in [-0.2, 0) is 0 Å². The number of hydrogen-bond acceptors (Lipinski definition) is 4. The largest absolute Gasteiger partial charge is 0.397 e. The van der Waals surface area contributed by atoms with Gasteiger partial charge in [0.25, 0.3) is 5.69 Å². The summed E-state index contributed by atoms with van der Waals surface area (Å²) in [5.74, 6) is 0. The highest BCUT2D eigenvalue weighted by Gasteiger charge is 2.12. The number of hydrogen-bond donors (Lipinski definition) is 2. The van der Waals surface area contributed by atoms with Crippen molar-refractivity contribution in [2.75, 3.05) is 11.1 Å². The summed E-state index contributed by atoms with van der Waals surface area (Å²) in [4.78, 5) is 10.2. The molecule has 0 aliphatic carbocycles. The van der Waals surface area contributed by atoms with E-state index in [1.54, 1.807) is 6.07 Å². The van der Waals surface area contributed by atoms with Gasteiger partial charge in [-0.1, -0.05) is 24.3 Å². The van der Waals surface area contributed by atoms with Crippen molar-refractivity contribution in [2.24, 2.45) is 0 Å². The molecule has 0 bridgehead atoms. The van der Waals surface area contributed by atoms with Crippen molar-refractivity contribution in [1.29, 1.82) is 0 Å². The van der Waals surface area contributed by atoms with Gasteiger partial charge in [0.15, 0.2) is 0 Å². The first-order chi connectivity index (χ1) is 9.49. The number of anilines is 2. The molecule has 0 spiro atoms. The molecule has 2 aromatic carbocycles. The Morgan fingerprint density at radius 3 is 2.55 bits per heavy atom. The molecular weight excluding hydrogens is 254 g/mol. The molecule has 0 heterocycles.